The fourth-order valence-corrected chi connectivity index (χ4v) is 4.54. The molecule has 3 fully saturated rings. The highest BCUT2D eigenvalue weighted by molar-refractivity contribution is 5.56. The van der Waals surface area contributed by atoms with Crippen molar-refractivity contribution in [1.29, 1.82) is 0 Å². The van der Waals surface area contributed by atoms with Gasteiger partial charge in [-0.2, -0.15) is 0 Å². The molecule has 0 amide bonds. The fourth-order valence-electron chi connectivity index (χ4n) is 4.54. The first-order chi connectivity index (χ1) is 14.6. The van der Waals surface area contributed by atoms with Gasteiger partial charge in [-0.15, -0.1) is 0 Å². The van der Waals surface area contributed by atoms with E-state index in [4.69, 9.17) is 4.74 Å². The highest BCUT2D eigenvalue weighted by atomic mass is 19.2. The van der Waals surface area contributed by atoms with Crippen LogP contribution in [0, 0.1) is 17.0 Å². The van der Waals surface area contributed by atoms with E-state index in [0.29, 0.717) is 30.5 Å². The van der Waals surface area contributed by atoms with E-state index in [9.17, 15) is 8.78 Å². The number of aromatic nitrogens is 4. The third kappa shape index (κ3) is 2.86. The average molecular weight is 407 g/mol. The maximum Gasteiger partial charge on any atom is 0.197 e. The van der Waals surface area contributed by atoms with E-state index in [-0.39, 0.29) is 17.3 Å². The smallest absolute Gasteiger partial charge is 0.197 e. The zero-order valence-corrected chi connectivity index (χ0v) is 16.1. The molecule has 2 unspecified atom stereocenters. The van der Waals surface area contributed by atoms with Gasteiger partial charge in [-0.1, -0.05) is 0 Å². The van der Waals surface area contributed by atoms with Crippen molar-refractivity contribution in [2.45, 2.75) is 18.3 Å². The first-order valence-electron chi connectivity index (χ1n) is 10.0. The summed E-state index contributed by atoms with van der Waals surface area (Å²) >= 11 is 0. The first kappa shape index (κ1) is 17.8. The zero-order chi connectivity index (χ0) is 20.3. The Balaban J connectivity index is 1.21. The van der Waals surface area contributed by atoms with E-state index in [2.05, 4.69) is 19.9 Å². The summed E-state index contributed by atoms with van der Waals surface area (Å²) in [5.41, 5.74) is 2.32. The Morgan fingerprint density at radius 1 is 0.900 bits per heavy atom. The fraction of sp³-hybridized carbons (Fsp3) is 0.364. The number of halogens is 2. The molecule has 0 N–H and O–H groups in total. The van der Waals surface area contributed by atoms with Crippen molar-refractivity contribution in [3.05, 3.63) is 65.7 Å². The predicted octanol–water partition coefficient (Wildman–Crippen LogP) is 3.32. The molecule has 0 radical (unpaired) electrons. The number of hydrogen-bond donors (Lipinski definition) is 0. The Hall–Kier alpha value is -3.00. The van der Waals surface area contributed by atoms with Crippen LogP contribution in [0.1, 0.15) is 29.4 Å². The molecule has 8 heteroatoms. The summed E-state index contributed by atoms with van der Waals surface area (Å²) in [6, 6.07) is 4.88. The van der Waals surface area contributed by atoms with Crippen LogP contribution in [-0.2, 0) is 4.74 Å². The van der Waals surface area contributed by atoms with Gasteiger partial charge >= 0.3 is 0 Å². The molecule has 3 aromatic rings. The van der Waals surface area contributed by atoms with Crippen LogP contribution in [0.15, 0.2) is 43.0 Å². The van der Waals surface area contributed by atoms with Crippen LogP contribution >= 0.6 is 0 Å². The maximum atomic E-state index is 14.5. The van der Waals surface area contributed by atoms with Gasteiger partial charge in [0.25, 0.3) is 0 Å². The molecule has 3 aliphatic rings. The minimum atomic E-state index is -0.785. The second kappa shape index (κ2) is 6.50. The molecule has 2 saturated heterocycles. The van der Waals surface area contributed by atoms with Gasteiger partial charge in [0.15, 0.2) is 23.3 Å². The summed E-state index contributed by atoms with van der Waals surface area (Å²) in [7, 11) is 0. The molecular weight excluding hydrogens is 388 g/mol. The number of hydrogen-bond acceptors (Lipinski definition) is 6. The second-order valence-corrected chi connectivity index (χ2v) is 8.55. The predicted molar refractivity (Wildman–Crippen MR) is 105 cm³/mol. The van der Waals surface area contributed by atoms with Crippen molar-refractivity contribution in [2.75, 3.05) is 31.2 Å². The van der Waals surface area contributed by atoms with Crippen molar-refractivity contribution < 1.29 is 13.5 Å². The van der Waals surface area contributed by atoms with E-state index in [0.717, 1.165) is 30.6 Å². The zero-order valence-electron chi connectivity index (χ0n) is 16.1. The van der Waals surface area contributed by atoms with Crippen molar-refractivity contribution in [3.8, 4) is 11.6 Å². The normalized spacial score (nSPS) is 23.7. The quantitative estimate of drug-likeness (QED) is 0.661. The Morgan fingerprint density at radius 3 is 2.23 bits per heavy atom. The van der Waals surface area contributed by atoms with E-state index >= 15 is 0 Å². The van der Waals surface area contributed by atoms with Gasteiger partial charge in [-0.3, -0.25) is 0 Å². The molecule has 1 aliphatic carbocycles. The monoisotopic (exact) mass is 407 g/mol. The third-order valence-electron chi connectivity index (χ3n) is 6.33. The largest absolute Gasteiger partial charge is 0.380 e. The number of rotatable bonds is 4. The summed E-state index contributed by atoms with van der Waals surface area (Å²) in [4.78, 5) is 19.0. The van der Waals surface area contributed by atoms with Gasteiger partial charge in [-0.05, 0) is 47.6 Å². The molecule has 6 nitrogen and oxygen atoms in total. The SMILES string of the molecule is Fc1cc(C2CC2c2cnc(-c3ncccn3)nc2)cc(N2CC3(COC3)C2)c1F. The van der Waals surface area contributed by atoms with Crippen molar-refractivity contribution in [1.82, 2.24) is 19.9 Å². The molecule has 6 rings (SSSR count). The molecule has 152 valence electrons. The topological polar surface area (TPSA) is 64.0 Å². The van der Waals surface area contributed by atoms with Crippen LogP contribution in [0.4, 0.5) is 14.5 Å². The van der Waals surface area contributed by atoms with Crippen LogP contribution in [0.3, 0.4) is 0 Å². The molecule has 2 aromatic heterocycles. The lowest BCUT2D eigenvalue weighted by molar-refractivity contribution is -0.127. The van der Waals surface area contributed by atoms with Gasteiger partial charge in [-0.25, -0.2) is 28.7 Å². The van der Waals surface area contributed by atoms with Crippen molar-refractivity contribution in [3.63, 3.8) is 0 Å². The Kier molecular flexibility index (Phi) is 3.86. The summed E-state index contributed by atoms with van der Waals surface area (Å²) < 4.78 is 34.1. The van der Waals surface area contributed by atoms with Gasteiger partial charge in [0.1, 0.15) is 0 Å². The molecular formula is C22H19F2N5O. The average Bonchev–Trinajstić information content (AvgIpc) is 3.50. The van der Waals surface area contributed by atoms with Crippen molar-refractivity contribution >= 4 is 5.69 Å². The molecule has 1 saturated carbocycles. The summed E-state index contributed by atoms with van der Waals surface area (Å²) in [6.07, 6.45) is 7.72. The third-order valence-corrected chi connectivity index (χ3v) is 6.33. The Labute approximate surface area is 172 Å². The molecule has 0 bridgehead atoms. The minimum absolute atomic E-state index is 0.141. The van der Waals surface area contributed by atoms with E-state index in [1.165, 1.54) is 6.07 Å². The Morgan fingerprint density at radius 2 is 1.57 bits per heavy atom. The van der Waals surface area contributed by atoms with Crippen LogP contribution in [0.2, 0.25) is 0 Å². The van der Waals surface area contributed by atoms with Gasteiger partial charge < -0.3 is 9.64 Å². The second-order valence-electron chi connectivity index (χ2n) is 8.55. The number of benzene rings is 1. The lowest BCUT2D eigenvalue weighted by Crippen LogP contribution is -2.66. The summed E-state index contributed by atoms with van der Waals surface area (Å²) in [5, 5.41) is 0. The molecule has 30 heavy (non-hydrogen) atoms. The number of ether oxygens (including phenoxy) is 1. The van der Waals surface area contributed by atoms with Crippen molar-refractivity contribution in [2.24, 2.45) is 5.41 Å². The lowest BCUT2D eigenvalue weighted by atomic mass is 9.77. The van der Waals surface area contributed by atoms with Crippen LogP contribution in [-0.4, -0.2) is 46.2 Å². The molecule has 2 atom stereocenters. The van der Waals surface area contributed by atoms with Gasteiger partial charge in [0.2, 0.25) is 0 Å². The number of nitrogens with zero attached hydrogens (tertiary/aromatic N) is 5. The number of anilines is 1. The first-order valence-corrected chi connectivity index (χ1v) is 10.0. The van der Waals surface area contributed by atoms with Crippen LogP contribution in [0.5, 0.6) is 0 Å². The Bertz CT molecular complexity index is 1100. The van der Waals surface area contributed by atoms with Crippen LogP contribution < -0.4 is 4.90 Å². The highest BCUT2D eigenvalue weighted by Crippen LogP contribution is 2.55. The molecule has 1 aromatic carbocycles. The lowest BCUT2D eigenvalue weighted by Gasteiger charge is -2.56. The van der Waals surface area contributed by atoms with E-state index in [1.807, 2.05) is 11.0 Å². The van der Waals surface area contributed by atoms with Crippen LogP contribution in [0.25, 0.3) is 11.6 Å². The van der Waals surface area contributed by atoms with Gasteiger partial charge in [0, 0.05) is 37.9 Å². The summed E-state index contributed by atoms with van der Waals surface area (Å²) in [6.45, 7) is 2.86. The maximum absolute atomic E-state index is 14.5. The highest BCUT2D eigenvalue weighted by Gasteiger charge is 2.50. The van der Waals surface area contributed by atoms with E-state index in [1.54, 1.807) is 30.9 Å². The molecule has 2 aliphatic heterocycles. The standard InChI is InChI=1S/C22H19F2N5O/c23-17-4-13(5-18(19(17)24)29-9-22(10-29)11-30-12-22)15-6-16(15)14-7-27-21(28-8-14)20-25-2-1-3-26-20/h1-5,7-8,15-16H,6,9-12H2. The molecule has 4 heterocycles. The minimum Gasteiger partial charge on any atom is -0.380 e. The molecule has 1 spiro atoms. The van der Waals surface area contributed by atoms with E-state index < -0.39 is 11.6 Å². The van der Waals surface area contributed by atoms with Gasteiger partial charge in [0.05, 0.1) is 24.3 Å². The summed E-state index contributed by atoms with van der Waals surface area (Å²) in [5.74, 6) is -0.252.